The Balaban J connectivity index is 2.47. The van der Waals surface area contributed by atoms with E-state index < -0.39 is 21.7 Å². The third kappa shape index (κ3) is 3.92. The van der Waals surface area contributed by atoms with E-state index in [1.807, 2.05) is 0 Å². The molecule has 2 rings (SSSR count). The average molecular weight is 438 g/mol. The summed E-state index contributed by atoms with van der Waals surface area (Å²) >= 11 is 17.7. The number of amides is 1. The molecule has 0 saturated carbocycles. The van der Waals surface area contributed by atoms with E-state index in [4.69, 9.17) is 34.8 Å². The number of hydrogen-bond donors (Lipinski definition) is 2. The Labute approximate surface area is 166 Å². The Morgan fingerprint density at radius 1 is 1.12 bits per heavy atom. The molecule has 0 bridgehead atoms. The van der Waals surface area contributed by atoms with Crippen LogP contribution < -0.4 is 5.32 Å². The molecule has 0 spiro atoms. The zero-order chi connectivity index (χ0) is 19.8. The van der Waals surface area contributed by atoms with Crippen LogP contribution in [0.5, 0.6) is 5.75 Å². The number of aromatic hydroxyl groups is 1. The van der Waals surface area contributed by atoms with Crippen LogP contribution in [0.15, 0.2) is 29.2 Å². The molecule has 1 amide bonds. The van der Waals surface area contributed by atoms with E-state index in [0.29, 0.717) is 5.56 Å². The van der Waals surface area contributed by atoms with Crippen LogP contribution in [-0.2, 0) is 10.0 Å². The van der Waals surface area contributed by atoms with E-state index in [2.05, 4.69) is 5.32 Å². The van der Waals surface area contributed by atoms with Crippen LogP contribution in [0.2, 0.25) is 15.1 Å². The second-order valence-electron chi connectivity index (χ2n) is 5.60. The van der Waals surface area contributed by atoms with Crippen LogP contribution in [0.4, 0.5) is 5.69 Å². The van der Waals surface area contributed by atoms with Gasteiger partial charge in [-0.05, 0) is 30.7 Å². The maximum absolute atomic E-state index is 12.5. The van der Waals surface area contributed by atoms with Gasteiger partial charge in [0.25, 0.3) is 5.91 Å². The van der Waals surface area contributed by atoms with Crippen molar-refractivity contribution in [2.24, 2.45) is 0 Å². The van der Waals surface area contributed by atoms with Crippen molar-refractivity contribution in [3.63, 3.8) is 0 Å². The number of benzene rings is 2. The van der Waals surface area contributed by atoms with Gasteiger partial charge in [-0.3, -0.25) is 4.79 Å². The summed E-state index contributed by atoms with van der Waals surface area (Å²) < 4.78 is 25.8. The fraction of sp³-hybridized carbons (Fsp3) is 0.188. The molecule has 0 atom stereocenters. The molecule has 6 nitrogen and oxygen atoms in total. The first-order chi connectivity index (χ1) is 12.0. The lowest BCUT2D eigenvalue weighted by Crippen LogP contribution is -2.23. The second kappa shape index (κ2) is 7.62. The van der Waals surface area contributed by atoms with Crippen molar-refractivity contribution in [1.29, 1.82) is 0 Å². The lowest BCUT2D eigenvalue weighted by atomic mass is 10.1. The molecule has 26 heavy (non-hydrogen) atoms. The molecule has 2 aromatic rings. The Morgan fingerprint density at radius 3 is 2.31 bits per heavy atom. The molecule has 140 valence electrons. The third-order valence-electron chi connectivity index (χ3n) is 3.58. The number of hydrogen-bond acceptors (Lipinski definition) is 4. The highest BCUT2D eigenvalue weighted by Crippen LogP contribution is 2.38. The van der Waals surface area contributed by atoms with Gasteiger partial charge in [0.05, 0.1) is 20.0 Å². The summed E-state index contributed by atoms with van der Waals surface area (Å²) in [4.78, 5) is 12.5. The minimum Gasteiger partial charge on any atom is -0.505 e. The standard InChI is InChI=1S/C16H15Cl3N2O4S/c1-8-4-5-9(6-12(8)26(24,25)21(2)3)20-16(23)13-14(19)10(17)7-11(18)15(13)22/h4-7,22H,1-3H3,(H,20,23). The largest absolute Gasteiger partial charge is 0.505 e. The Morgan fingerprint density at radius 2 is 1.73 bits per heavy atom. The van der Waals surface area contributed by atoms with Crippen LogP contribution >= 0.6 is 34.8 Å². The predicted octanol–water partition coefficient (Wildman–Crippen LogP) is 4.16. The fourth-order valence-electron chi connectivity index (χ4n) is 2.14. The van der Waals surface area contributed by atoms with Crippen LogP contribution in [0, 0.1) is 6.92 Å². The predicted molar refractivity (Wildman–Crippen MR) is 103 cm³/mol. The van der Waals surface area contributed by atoms with Crippen molar-refractivity contribution in [3.05, 3.63) is 50.5 Å². The zero-order valence-electron chi connectivity index (χ0n) is 14.0. The van der Waals surface area contributed by atoms with E-state index in [0.717, 1.165) is 4.31 Å². The molecule has 10 heteroatoms. The van der Waals surface area contributed by atoms with Gasteiger partial charge in [-0.15, -0.1) is 0 Å². The number of phenolic OH excluding ortho intramolecular Hbond substituents is 1. The summed E-state index contributed by atoms with van der Waals surface area (Å²) in [6.07, 6.45) is 0. The summed E-state index contributed by atoms with van der Waals surface area (Å²) in [7, 11) is -0.879. The van der Waals surface area contributed by atoms with Crippen molar-refractivity contribution in [1.82, 2.24) is 4.31 Å². The minimum atomic E-state index is -3.70. The van der Waals surface area contributed by atoms with E-state index in [1.165, 1.54) is 32.3 Å². The maximum atomic E-state index is 12.5. The minimum absolute atomic E-state index is 0.000558. The maximum Gasteiger partial charge on any atom is 0.261 e. The fourth-order valence-corrected chi connectivity index (χ4v) is 3.98. The van der Waals surface area contributed by atoms with Gasteiger partial charge in [-0.25, -0.2) is 12.7 Å². The van der Waals surface area contributed by atoms with Gasteiger partial charge in [0.15, 0.2) is 0 Å². The highest BCUT2D eigenvalue weighted by Gasteiger charge is 2.23. The Kier molecular flexibility index (Phi) is 6.09. The summed E-state index contributed by atoms with van der Waals surface area (Å²) in [5, 5.41) is 12.2. The number of anilines is 1. The van der Waals surface area contributed by atoms with Crippen LogP contribution in [0.25, 0.3) is 0 Å². The number of carbonyl (C=O) groups is 1. The monoisotopic (exact) mass is 436 g/mol. The average Bonchev–Trinajstić information content (AvgIpc) is 2.54. The van der Waals surface area contributed by atoms with Gasteiger partial charge in [0, 0.05) is 19.8 Å². The quantitative estimate of drug-likeness (QED) is 0.703. The number of rotatable bonds is 4. The molecule has 0 heterocycles. The van der Waals surface area contributed by atoms with E-state index in [9.17, 15) is 18.3 Å². The van der Waals surface area contributed by atoms with E-state index in [1.54, 1.807) is 13.0 Å². The molecule has 2 N–H and O–H groups in total. The molecule has 0 fully saturated rings. The smallest absolute Gasteiger partial charge is 0.261 e. The summed E-state index contributed by atoms with van der Waals surface area (Å²) in [5.41, 5.74) is 0.415. The summed E-state index contributed by atoms with van der Waals surface area (Å²) in [6.45, 7) is 1.64. The number of halogens is 3. The van der Waals surface area contributed by atoms with Crippen molar-refractivity contribution in [3.8, 4) is 5.75 Å². The topological polar surface area (TPSA) is 86.7 Å². The first-order valence-electron chi connectivity index (χ1n) is 7.17. The van der Waals surface area contributed by atoms with Crippen molar-refractivity contribution < 1.29 is 18.3 Å². The van der Waals surface area contributed by atoms with Crippen molar-refractivity contribution in [2.75, 3.05) is 19.4 Å². The van der Waals surface area contributed by atoms with Crippen molar-refractivity contribution >= 4 is 56.4 Å². The molecular weight excluding hydrogens is 423 g/mol. The Bertz CT molecular complexity index is 965. The van der Waals surface area contributed by atoms with Gasteiger partial charge in [0.2, 0.25) is 10.0 Å². The highest BCUT2D eigenvalue weighted by molar-refractivity contribution is 7.89. The number of nitrogens with one attached hydrogen (secondary N) is 1. The van der Waals surface area contributed by atoms with Gasteiger partial charge >= 0.3 is 0 Å². The first kappa shape index (κ1) is 20.8. The van der Waals surface area contributed by atoms with Gasteiger partial charge < -0.3 is 10.4 Å². The lowest BCUT2D eigenvalue weighted by molar-refractivity contribution is 0.102. The zero-order valence-corrected chi connectivity index (χ0v) is 17.1. The number of sulfonamides is 1. The molecule has 0 saturated heterocycles. The van der Waals surface area contributed by atoms with Gasteiger partial charge in [-0.1, -0.05) is 40.9 Å². The normalized spacial score (nSPS) is 11.7. The SMILES string of the molecule is Cc1ccc(NC(=O)c2c(O)c(Cl)cc(Cl)c2Cl)cc1S(=O)(=O)N(C)C. The van der Waals surface area contributed by atoms with Crippen molar-refractivity contribution in [2.45, 2.75) is 11.8 Å². The molecule has 2 aromatic carbocycles. The van der Waals surface area contributed by atoms with Crippen LogP contribution in [-0.4, -0.2) is 37.8 Å². The molecule has 0 unspecified atom stereocenters. The molecule has 0 aliphatic carbocycles. The van der Waals surface area contributed by atoms with E-state index in [-0.39, 0.29) is 31.2 Å². The molecule has 0 aliphatic heterocycles. The number of aryl methyl sites for hydroxylation is 1. The molecule has 0 radical (unpaired) electrons. The van der Waals surface area contributed by atoms with Gasteiger partial charge in [-0.2, -0.15) is 0 Å². The second-order valence-corrected chi connectivity index (χ2v) is 8.91. The van der Waals surface area contributed by atoms with Crippen LogP contribution in [0.1, 0.15) is 15.9 Å². The van der Waals surface area contributed by atoms with Crippen LogP contribution in [0.3, 0.4) is 0 Å². The first-order valence-corrected chi connectivity index (χ1v) is 9.75. The number of nitrogens with zero attached hydrogens (tertiary/aromatic N) is 1. The Hall–Kier alpha value is -1.51. The molecule has 0 aromatic heterocycles. The molecular formula is C16H15Cl3N2O4S. The lowest BCUT2D eigenvalue weighted by Gasteiger charge is -2.16. The summed E-state index contributed by atoms with van der Waals surface area (Å²) in [5.74, 6) is -1.30. The third-order valence-corrected chi connectivity index (χ3v) is 6.61. The number of carbonyl (C=O) groups excluding carboxylic acids is 1. The molecule has 0 aliphatic rings. The number of phenols is 1. The van der Waals surface area contributed by atoms with Gasteiger partial charge in [0.1, 0.15) is 11.3 Å². The summed E-state index contributed by atoms with van der Waals surface area (Å²) in [6, 6.07) is 5.61. The van der Waals surface area contributed by atoms with E-state index >= 15 is 0 Å². The highest BCUT2D eigenvalue weighted by atomic mass is 35.5.